The molecule has 2 aromatic rings. The van der Waals surface area contributed by atoms with E-state index in [1.807, 2.05) is 30.3 Å². The van der Waals surface area contributed by atoms with Gasteiger partial charge in [-0.3, -0.25) is 15.0 Å². The lowest BCUT2D eigenvalue weighted by Crippen LogP contribution is -2.57. The summed E-state index contributed by atoms with van der Waals surface area (Å²) in [4.78, 5) is 29.2. The lowest BCUT2D eigenvalue weighted by molar-refractivity contribution is -0.142. The van der Waals surface area contributed by atoms with Gasteiger partial charge in [-0.05, 0) is 61.8 Å². The van der Waals surface area contributed by atoms with Crippen molar-refractivity contribution in [2.24, 2.45) is 11.7 Å². The monoisotopic (exact) mass is 555 g/mol. The van der Waals surface area contributed by atoms with Crippen LogP contribution in [0.15, 0.2) is 48.5 Å². The molecule has 1 saturated carbocycles. The first-order chi connectivity index (χ1) is 18.6. The topological polar surface area (TPSA) is 166 Å². The number of amidine groups is 1. The predicted molar refractivity (Wildman–Crippen MR) is 148 cm³/mol. The molecule has 1 aliphatic heterocycles. The van der Waals surface area contributed by atoms with E-state index in [2.05, 4.69) is 10.0 Å². The molecule has 6 N–H and O–H groups in total. The van der Waals surface area contributed by atoms with Crippen molar-refractivity contribution in [3.8, 4) is 5.75 Å². The fourth-order valence-electron chi connectivity index (χ4n) is 5.74. The summed E-state index contributed by atoms with van der Waals surface area (Å²) >= 11 is 0. The SMILES string of the molecule is CCS(=O)(=O)N[C@H](Cc1ccccc1)C(=O)N1[C@H](C(=O)NCc2ccc(C(=N)N)c(O)c2)C[C@@H]2CCCC[C@@H]21. The number of hydrogen-bond donors (Lipinski definition) is 5. The number of nitrogens with zero attached hydrogens (tertiary/aromatic N) is 1. The van der Waals surface area contributed by atoms with E-state index in [0.29, 0.717) is 12.0 Å². The van der Waals surface area contributed by atoms with Gasteiger partial charge < -0.3 is 21.1 Å². The Balaban J connectivity index is 1.57. The molecule has 2 fully saturated rings. The first kappa shape index (κ1) is 28.6. The number of rotatable bonds is 10. The van der Waals surface area contributed by atoms with Crippen LogP contribution in [0.2, 0.25) is 0 Å². The van der Waals surface area contributed by atoms with E-state index in [1.54, 1.807) is 11.0 Å². The van der Waals surface area contributed by atoms with Gasteiger partial charge >= 0.3 is 0 Å². The van der Waals surface area contributed by atoms with E-state index in [1.165, 1.54) is 19.1 Å². The second kappa shape index (κ2) is 12.2. The number of hydrogen-bond acceptors (Lipinski definition) is 6. The average Bonchev–Trinajstić information content (AvgIpc) is 3.31. The van der Waals surface area contributed by atoms with Crippen molar-refractivity contribution in [1.82, 2.24) is 14.9 Å². The number of nitrogens with two attached hydrogens (primary N) is 1. The molecule has 1 saturated heterocycles. The van der Waals surface area contributed by atoms with Gasteiger partial charge in [-0.1, -0.05) is 49.2 Å². The van der Waals surface area contributed by atoms with Crippen LogP contribution in [-0.2, 0) is 32.6 Å². The minimum absolute atomic E-state index is 0.119. The average molecular weight is 556 g/mol. The lowest BCUT2D eigenvalue weighted by Gasteiger charge is -2.36. The Labute approximate surface area is 229 Å². The Morgan fingerprint density at radius 1 is 1.13 bits per heavy atom. The number of carbonyl (C=O) groups excluding carboxylic acids is 2. The molecule has 1 heterocycles. The molecule has 2 aliphatic rings. The third kappa shape index (κ3) is 6.77. The van der Waals surface area contributed by atoms with Crippen LogP contribution in [-0.4, -0.2) is 60.0 Å². The molecular weight excluding hydrogens is 518 g/mol. The Bertz CT molecular complexity index is 1320. The summed E-state index contributed by atoms with van der Waals surface area (Å²) < 4.78 is 27.7. The quantitative estimate of drug-likeness (QED) is 0.222. The van der Waals surface area contributed by atoms with Crippen molar-refractivity contribution in [3.63, 3.8) is 0 Å². The molecule has 0 spiro atoms. The molecular formula is C28H37N5O5S. The molecule has 4 atom stereocenters. The van der Waals surface area contributed by atoms with Gasteiger partial charge in [0, 0.05) is 12.6 Å². The molecule has 0 bridgehead atoms. The number of phenols is 1. The summed E-state index contributed by atoms with van der Waals surface area (Å²) in [7, 11) is -3.69. The largest absolute Gasteiger partial charge is 0.507 e. The Morgan fingerprint density at radius 3 is 2.51 bits per heavy atom. The van der Waals surface area contributed by atoms with Crippen LogP contribution >= 0.6 is 0 Å². The molecule has 210 valence electrons. The van der Waals surface area contributed by atoms with Crippen molar-refractivity contribution in [2.75, 3.05) is 5.75 Å². The van der Waals surface area contributed by atoms with Crippen molar-refractivity contribution >= 4 is 27.7 Å². The second-order valence-corrected chi connectivity index (χ2v) is 12.4. The molecule has 39 heavy (non-hydrogen) atoms. The number of carbonyl (C=O) groups is 2. The number of nitrogen functional groups attached to an aromatic ring is 1. The summed E-state index contributed by atoms with van der Waals surface area (Å²) in [6.07, 6.45) is 4.39. The molecule has 11 heteroatoms. The first-order valence-corrected chi connectivity index (χ1v) is 15.0. The predicted octanol–water partition coefficient (Wildman–Crippen LogP) is 2.00. The number of nitrogens with one attached hydrogen (secondary N) is 3. The second-order valence-electron chi connectivity index (χ2n) is 10.4. The van der Waals surface area contributed by atoms with E-state index >= 15 is 0 Å². The smallest absolute Gasteiger partial charge is 0.243 e. The number of phenolic OH excluding ortho intramolecular Hbond substituents is 1. The summed E-state index contributed by atoms with van der Waals surface area (Å²) in [5, 5.41) is 20.6. The minimum atomic E-state index is -3.69. The van der Waals surface area contributed by atoms with Gasteiger partial charge in [-0.2, -0.15) is 0 Å². The number of likely N-dealkylation sites (tertiary alicyclic amines) is 1. The van der Waals surface area contributed by atoms with Crippen LogP contribution in [0.4, 0.5) is 0 Å². The standard InChI is InChI=1S/C28H37N5O5S/c1-2-39(37,38)32-22(14-18-8-4-3-5-9-18)28(36)33-23-11-7-6-10-20(23)16-24(33)27(35)31-17-19-12-13-21(26(29)30)25(34)15-19/h3-5,8-9,12-13,15,20,22-24,32,34H,2,6-7,10-11,14,16-17H2,1H3,(H3,29,30)(H,31,35)/t20-,22+,23-,24-/m0/s1. The highest BCUT2D eigenvalue weighted by atomic mass is 32.2. The Hall–Kier alpha value is -3.44. The Morgan fingerprint density at radius 2 is 1.85 bits per heavy atom. The molecule has 2 aromatic carbocycles. The van der Waals surface area contributed by atoms with Gasteiger partial charge in [-0.25, -0.2) is 13.1 Å². The highest BCUT2D eigenvalue weighted by molar-refractivity contribution is 7.89. The van der Waals surface area contributed by atoms with E-state index in [-0.39, 0.29) is 59.6 Å². The highest BCUT2D eigenvalue weighted by Crippen LogP contribution is 2.40. The number of fused-ring (bicyclic) bond motifs is 1. The summed E-state index contributed by atoms with van der Waals surface area (Å²) in [5.74, 6) is -1.08. The minimum Gasteiger partial charge on any atom is -0.507 e. The van der Waals surface area contributed by atoms with Gasteiger partial charge in [0.2, 0.25) is 21.8 Å². The van der Waals surface area contributed by atoms with Crippen molar-refractivity contribution in [3.05, 3.63) is 65.2 Å². The maximum atomic E-state index is 14.1. The Kier molecular flexibility index (Phi) is 8.91. The van der Waals surface area contributed by atoms with Crippen molar-refractivity contribution in [1.29, 1.82) is 5.41 Å². The van der Waals surface area contributed by atoms with E-state index in [0.717, 1.165) is 31.2 Å². The molecule has 10 nitrogen and oxygen atoms in total. The summed E-state index contributed by atoms with van der Waals surface area (Å²) in [5.41, 5.74) is 7.12. The maximum absolute atomic E-state index is 14.1. The maximum Gasteiger partial charge on any atom is 0.243 e. The number of benzene rings is 2. The van der Waals surface area contributed by atoms with Gasteiger partial charge in [0.25, 0.3) is 0 Å². The van der Waals surface area contributed by atoms with Crippen LogP contribution in [0.5, 0.6) is 5.75 Å². The zero-order chi connectivity index (χ0) is 28.2. The zero-order valence-corrected chi connectivity index (χ0v) is 22.9. The van der Waals surface area contributed by atoms with Gasteiger partial charge in [0.15, 0.2) is 0 Å². The van der Waals surface area contributed by atoms with Crippen LogP contribution in [0.1, 0.15) is 55.7 Å². The third-order valence-corrected chi connectivity index (χ3v) is 9.15. The normalized spacial score (nSPS) is 21.7. The molecule has 0 radical (unpaired) electrons. The molecule has 2 amide bonds. The van der Waals surface area contributed by atoms with Crippen molar-refractivity contribution < 1.29 is 23.1 Å². The van der Waals surface area contributed by atoms with Gasteiger partial charge in [0.05, 0.1) is 11.3 Å². The van der Waals surface area contributed by atoms with Crippen molar-refractivity contribution in [2.45, 2.75) is 70.1 Å². The van der Waals surface area contributed by atoms with E-state index in [4.69, 9.17) is 11.1 Å². The van der Waals surface area contributed by atoms with E-state index < -0.39 is 22.1 Å². The zero-order valence-electron chi connectivity index (χ0n) is 22.1. The van der Waals surface area contributed by atoms with Crippen LogP contribution in [0.25, 0.3) is 0 Å². The fourth-order valence-corrected chi connectivity index (χ4v) is 6.53. The number of aromatic hydroxyl groups is 1. The molecule has 0 unspecified atom stereocenters. The molecule has 0 aromatic heterocycles. The highest BCUT2D eigenvalue weighted by Gasteiger charge is 2.49. The fraction of sp³-hybridized carbons (Fsp3) is 0.464. The molecule has 4 rings (SSSR count). The number of amides is 2. The van der Waals surface area contributed by atoms with Gasteiger partial charge in [0.1, 0.15) is 23.7 Å². The number of sulfonamides is 1. The van der Waals surface area contributed by atoms with Crippen LogP contribution in [0.3, 0.4) is 0 Å². The summed E-state index contributed by atoms with van der Waals surface area (Å²) in [6, 6.07) is 12.0. The third-order valence-electron chi connectivity index (χ3n) is 7.75. The summed E-state index contributed by atoms with van der Waals surface area (Å²) in [6.45, 7) is 1.64. The van der Waals surface area contributed by atoms with Gasteiger partial charge in [-0.15, -0.1) is 0 Å². The van der Waals surface area contributed by atoms with Crippen LogP contribution in [0, 0.1) is 11.3 Å². The van der Waals surface area contributed by atoms with E-state index in [9.17, 15) is 23.1 Å². The molecule has 1 aliphatic carbocycles. The van der Waals surface area contributed by atoms with Crippen LogP contribution < -0.4 is 15.8 Å². The first-order valence-electron chi connectivity index (χ1n) is 13.4. The lowest BCUT2D eigenvalue weighted by atomic mass is 9.84.